The molecule has 5 aliphatic rings. The van der Waals surface area contributed by atoms with Crippen LogP contribution in [0.15, 0.2) is 151 Å². The van der Waals surface area contributed by atoms with E-state index in [1.54, 1.807) is 5.57 Å². The van der Waals surface area contributed by atoms with E-state index < -0.39 is 0 Å². The third kappa shape index (κ3) is 4.83. The zero-order valence-electron chi connectivity index (χ0n) is 29.9. The van der Waals surface area contributed by atoms with E-state index in [1.165, 1.54) is 98.6 Å². The number of para-hydroxylation sites is 3. The minimum atomic E-state index is 0.0698. The highest BCUT2D eigenvalue weighted by Gasteiger charge is 2.45. The Hall–Kier alpha value is -5.93. The van der Waals surface area contributed by atoms with Crippen LogP contribution < -0.4 is 9.80 Å². The SMILES string of the molecule is C1=CC2=C(CC1)Cc1ccccc1N2c1ccc2c(c1)C1(CCCC1)c1cc(/C=C/c3ccc(N4c5ccccc5Cc5ccccc54)cn3)ccc1-2. The van der Waals surface area contributed by atoms with Crippen LogP contribution in [0.2, 0.25) is 0 Å². The number of nitrogens with zero attached hydrogens (tertiary/aromatic N) is 3. The summed E-state index contributed by atoms with van der Waals surface area (Å²) in [5.74, 6) is 0. The van der Waals surface area contributed by atoms with E-state index in [0.29, 0.717) is 0 Å². The Kier molecular flexibility index (Phi) is 6.98. The summed E-state index contributed by atoms with van der Waals surface area (Å²) in [5.41, 5.74) is 21.3. The molecule has 0 N–H and O–H groups in total. The van der Waals surface area contributed by atoms with Gasteiger partial charge in [0.15, 0.2) is 0 Å². The predicted octanol–water partition coefficient (Wildman–Crippen LogP) is 12.8. The van der Waals surface area contributed by atoms with Gasteiger partial charge in [-0.1, -0.05) is 104 Å². The van der Waals surface area contributed by atoms with Crippen molar-refractivity contribution in [2.75, 3.05) is 9.80 Å². The molecule has 6 aromatic rings. The number of hydrogen-bond donors (Lipinski definition) is 0. The first-order valence-corrected chi connectivity index (χ1v) is 19.4. The molecular formula is C50H41N3. The van der Waals surface area contributed by atoms with Crippen LogP contribution >= 0.6 is 0 Å². The van der Waals surface area contributed by atoms with Crippen LogP contribution in [0.4, 0.5) is 28.4 Å². The molecule has 3 aliphatic carbocycles. The highest BCUT2D eigenvalue weighted by atomic mass is 15.2. The van der Waals surface area contributed by atoms with Crippen molar-refractivity contribution >= 4 is 40.6 Å². The molecule has 11 rings (SSSR count). The monoisotopic (exact) mass is 683 g/mol. The topological polar surface area (TPSA) is 19.4 Å². The molecule has 256 valence electrons. The van der Waals surface area contributed by atoms with Crippen LogP contribution in [0.25, 0.3) is 23.3 Å². The van der Waals surface area contributed by atoms with Gasteiger partial charge in [-0.25, -0.2) is 0 Å². The first-order valence-electron chi connectivity index (χ1n) is 19.4. The van der Waals surface area contributed by atoms with Crippen molar-refractivity contribution in [3.8, 4) is 11.1 Å². The Morgan fingerprint density at radius 3 is 1.94 bits per heavy atom. The Morgan fingerprint density at radius 2 is 1.23 bits per heavy atom. The van der Waals surface area contributed by atoms with Crippen molar-refractivity contribution in [3.63, 3.8) is 0 Å². The van der Waals surface area contributed by atoms with E-state index in [0.717, 1.165) is 37.1 Å². The van der Waals surface area contributed by atoms with E-state index >= 15 is 0 Å². The Labute approximate surface area is 312 Å². The molecule has 1 aromatic heterocycles. The lowest BCUT2D eigenvalue weighted by Gasteiger charge is -2.36. The summed E-state index contributed by atoms with van der Waals surface area (Å²) in [4.78, 5) is 9.85. The molecule has 1 spiro atoms. The maximum atomic E-state index is 4.95. The van der Waals surface area contributed by atoms with Gasteiger partial charge < -0.3 is 9.80 Å². The third-order valence-corrected chi connectivity index (χ3v) is 12.5. The summed E-state index contributed by atoms with van der Waals surface area (Å²) in [6.45, 7) is 0. The maximum absolute atomic E-state index is 4.95. The lowest BCUT2D eigenvalue weighted by Crippen LogP contribution is -2.25. The van der Waals surface area contributed by atoms with Crippen LogP contribution in [0.5, 0.6) is 0 Å². The fraction of sp³-hybridized carbons (Fsp3) is 0.180. The third-order valence-electron chi connectivity index (χ3n) is 12.5. The Balaban J connectivity index is 0.918. The first-order chi connectivity index (χ1) is 26.2. The number of benzene rings is 5. The quantitative estimate of drug-likeness (QED) is 0.184. The fourth-order valence-corrected chi connectivity index (χ4v) is 10.1. The number of allylic oxidation sites excluding steroid dienone is 3. The number of hydrogen-bond acceptors (Lipinski definition) is 3. The minimum Gasteiger partial charge on any atom is -0.310 e. The second kappa shape index (κ2) is 12.1. The highest BCUT2D eigenvalue weighted by molar-refractivity contribution is 5.87. The molecule has 1 saturated carbocycles. The van der Waals surface area contributed by atoms with Gasteiger partial charge in [-0.15, -0.1) is 0 Å². The van der Waals surface area contributed by atoms with Gasteiger partial charge in [-0.2, -0.15) is 0 Å². The zero-order valence-corrected chi connectivity index (χ0v) is 29.9. The Bertz CT molecular complexity index is 2480. The molecule has 0 atom stereocenters. The van der Waals surface area contributed by atoms with Gasteiger partial charge in [0, 0.05) is 40.3 Å². The van der Waals surface area contributed by atoms with Gasteiger partial charge in [-0.05, 0) is 137 Å². The summed E-state index contributed by atoms with van der Waals surface area (Å²) in [7, 11) is 0. The number of rotatable bonds is 4. The van der Waals surface area contributed by atoms with Gasteiger partial charge >= 0.3 is 0 Å². The summed E-state index contributed by atoms with van der Waals surface area (Å²) < 4.78 is 0. The van der Waals surface area contributed by atoms with Gasteiger partial charge in [0.05, 0.1) is 17.6 Å². The summed E-state index contributed by atoms with van der Waals surface area (Å²) in [6.07, 6.45) is 20.4. The van der Waals surface area contributed by atoms with Crippen LogP contribution in [-0.2, 0) is 18.3 Å². The predicted molar refractivity (Wildman–Crippen MR) is 219 cm³/mol. The van der Waals surface area contributed by atoms with Crippen molar-refractivity contribution in [1.29, 1.82) is 0 Å². The van der Waals surface area contributed by atoms with Gasteiger partial charge in [0.1, 0.15) is 0 Å². The fourth-order valence-electron chi connectivity index (χ4n) is 10.1. The molecule has 2 aliphatic heterocycles. The van der Waals surface area contributed by atoms with Gasteiger partial charge in [-0.3, -0.25) is 4.98 Å². The average Bonchev–Trinajstić information content (AvgIpc) is 3.82. The van der Waals surface area contributed by atoms with E-state index in [-0.39, 0.29) is 5.41 Å². The van der Waals surface area contributed by atoms with Crippen LogP contribution in [0.3, 0.4) is 0 Å². The van der Waals surface area contributed by atoms with E-state index in [1.807, 2.05) is 6.20 Å². The molecule has 1 fully saturated rings. The largest absolute Gasteiger partial charge is 0.310 e. The van der Waals surface area contributed by atoms with Crippen molar-refractivity contribution < 1.29 is 0 Å². The standard InChI is InChI=1S/C50H41N3/c1-5-15-46-35(11-1)30-36-12-2-6-16-47(36)52(46)40-24-26-43-42-25-20-34(29-44(42)50(45(43)32-40)27-9-10-28-50)19-21-39-22-23-41(33-51-39)53-48-17-7-3-13-37(48)31-38-14-4-8-18-49(38)53/h1,3-8,11,13-26,29,32-33H,2,9-10,12,27-28,30-31H2/b21-19+. The lowest BCUT2D eigenvalue weighted by atomic mass is 9.76. The molecule has 0 bridgehead atoms. The number of pyridine rings is 1. The van der Waals surface area contributed by atoms with Gasteiger partial charge in [0.2, 0.25) is 0 Å². The molecule has 5 aromatic carbocycles. The zero-order chi connectivity index (χ0) is 34.9. The van der Waals surface area contributed by atoms with Crippen molar-refractivity contribution in [2.45, 2.75) is 56.8 Å². The van der Waals surface area contributed by atoms with Crippen LogP contribution in [0.1, 0.15) is 77.6 Å². The van der Waals surface area contributed by atoms with Crippen LogP contribution in [0, 0.1) is 0 Å². The molecule has 3 nitrogen and oxygen atoms in total. The number of aromatic nitrogens is 1. The van der Waals surface area contributed by atoms with E-state index in [4.69, 9.17) is 4.98 Å². The Morgan fingerprint density at radius 1 is 0.585 bits per heavy atom. The van der Waals surface area contributed by atoms with Crippen LogP contribution in [-0.4, -0.2) is 4.98 Å². The molecule has 0 amide bonds. The van der Waals surface area contributed by atoms with Crippen molar-refractivity contribution in [3.05, 3.63) is 190 Å². The van der Waals surface area contributed by atoms with E-state index in [2.05, 4.69) is 155 Å². The van der Waals surface area contributed by atoms with E-state index in [9.17, 15) is 0 Å². The highest BCUT2D eigenvalue weighted by Crippen LogP contribution is 2.58. The first kappa shape index (κ1) is 30.7. The normalized spacial score (nSPS) is 17.4. The molecule has 0 radical (unpaired) electrons. The minimum absolute atomic E-state index is 0.0698. The molecule has 0 saturated heterocycles. The molecule has 3 heterocycles. The second-order valence-electron chi connectivity index (χ2n) is 15.4. The summed E-state index contributed by atoms with van der Waals surface area (Å²) >= 11 is 0. The maximum Gasteiger partial charge on any atom is 0.0645 e. The lowest BCUT2D eigenvalue weighted by molar-refractivity contribution is 0.550. The summed E-state index contributed by atoms with van der Waals surface area (Å²) in [6, 6.07) is 45.3. The molecule has 0 unspecified atom stereocenters. The number of anilines is 5. The summed E-state index contributed by atoms with van der Waals surface area (Å²) in [5, 5.41) is 0. The van der Waals surface area contributed by atoms with Crippen molar-refractivity contribution in [1.82, 2.24) is 4.98 Å². The molecule has 3 heteroatoms. The van der Waals surface area contributed by atoms with Crippen molar-refractivity contribution in [2.24, 2.45) is 0 Å². The molecule has 53 heavy (non-hydrogen) atoms. The number of fused-ring (bicyclic) bond motifs is 8. The smallest absolute Gasteiger partial charge is 0.0645 e. The van der Waals surface area contributed by atoms with Gasteiger partial charge in [0.25, 0.3) is 0 Å². The second-order valence-corrected chi connectivity index (χ2v) is 15.4. The average molecular weight is 684 g/mol. The molecular weight excluding hydrogens is 643 g/mol.